The van der Waals surface area contributed by atoms with Gasteiger partial charge in [-0.15, -0.1) is 0 Å². The standard InChI is InChI=1S/C16H17N5O2/c1-10-11(9-17)3-4-13(19-10)16(22)20-12-6-8-23-15(12)14-5-7-18-21(14)2/h3-5,7,12,15H,6,8H2,1-2H3,(H,20,22)/t12-,15-/m0/s1. The summed E-state index contributed by atoms with van der Waals surface area (Å²) in [4.78, 5) is 16.6. The Bertz CT molecular complexity index is 777. The van der Waals surface area contributed by atoms with Crippen LogP contribution in [0.5, 0.6) is 0 Å². The number of hydrogen-bond acceptors (Lipinski definition) is 5. The van der Waals surface area contributed by atoms with Crippen LogP contribution in [0.3, 0.4) is 0 Å². The minimum Gasteiger partial charge on any atom is -0.370 e. The number of pyridine rings is 1. The number of amides is 1. The molecule has 1 saturated heterocycles. The second kappa shape index (κ2) is 6.18. The van der Waals surface area contributed by atoms with E-state index < -0.39 is 0 Å². The summed E-state index contributed by atoms with van der Waals surface area (Å²) in [5, 5.41) is 16.0. The number of ether oxygens (including phenoxy) is 1. The van der Waals surface area contributed by atoms with Gasteiger partial charge >= 0.3 is 0 Å². The van der Waals surface area contributed by atoms with Gasteiger partial charge in [-0.3, -0.25) is 9.48 Å². The topological polar surface area (TPSA) is 92.8 Å². The zero-order valence-corrected chi connectivity index (χ0v) is 13.0. The number of nitrogens with one attached hydrogen (secondary N) is 1. The summed E-state index contributed by atoms with van der Waals surface area (Å²) in [6.07, 6.45) is 2.23. The highest BCUT2D eigenvalue weighted by Gasteiger charge is 2.33. The van der Waals surface area contributed by atoms with Crippen LogP contribution >= 0.6 is 0 Å². The van der Waals surface area contributed by atoms with Crippen molar-refractivity contribution in [3.63, 3.8) is 0 Å². The van der Waals surface area contributed by atoms with Crippen molar-refractivity contribution in [3.8, 4) is 6.07 Å². The molecular formula is C16H17N5O2. The summed E-state index contributed by atoms with van der Waals surface area (Å²) in [6, 6.07) is 6.98. The zero-order valence-electron chi connectivity index (χ0n) is 13.0. The van der Waals surface area contributed by atoms with Crippen LogP contribution in [0.1, 0.15) is 40.0 Å². The zero-order chi connectivity index (χ0) is 16.4. The molecule has 0 aromatic carbocycles. The molecule has 118 valence electrons. The molecular weight excluding hydrogens is 294 g/mol. The van der Waals surface area contributed by atoms with Gasteiger partial charge in [0.15, 0.2) is 0 Å². The number of rotatable bonds is 3. The SMILES string of the molecule is Cc1nc(C(=O)N[C@H]2CCO[C@@H]2c2ccnn2C)ccc1C#N. The molecule has 0 unspecified atom stereocenters. The number of carbonyl (C=O) groups is 1. The van der Waals surface area contributed by atoms with Crippen molar-refractivity contribution in [1.82, 2.24) is 20.1 Å². The predicted molar refractivity (Wildman–Crippen MR) is 81.5 cm³/mol. The van der Waals surface area contributed by atoms with Crippen molar-refractivity contribution in [2.24, 2.45) is 7.05 Å². The molecule has 1 aliphatic rings. The lowest BCUT2D eigenvalue weighted by Gasteiger charge is -2.20. The maximum absolute atomic E-state index is 12.4. The Balaban J connectivity index is 1.76. The molecule has 0 spiro atoms. The predicted octanol–water partition coefficient (Wildman–Crippen LogP) is 1.26. The lowest BCUT2D eigenvalue weighted by atomic mass is 10.1. The lowest BCUT2D eigenvalue weighted by Crippen LogP contribution is -2.37. The highest BCUT2D eigenvalue weighted by Crippen LogP contribution is 2.28. The van der Waals surface area contributed by atoms with E-state index in [4.69, 9.17) is 10.00 Å². The second-order valence-corrected chi connectivity index (χ2v) is 5.48. The van der Waals surface area contributed by atoms with E-state index >= 15 is 0 Å². The van der Waals surface area contributed by atoms with Crippen LogP contribution in [0.25, 0.3) is 0 Å². The third-order valence-electron chi connectivity index (χ3n) is 4.00. The van der Waals surface area contributed by atoms with Crippen LogP contribution in [0.2, 0.25) is 0 Å². The summed E-state index contributed by atoms with van der Waals surface area (Å²) in [5.74, 6) is -0.264. The van der Waals surface area contributed by atoms with Crippen LogP contribution in [0.15, 0.2) is 24.4 Å². The second-order valence-electron chi connectivity index (χ2n) is 5.48. The molecule has 7 heteroatoms. The van der Waals surface area contributed by atoms with Gasteiger partial charge in [-0.05, 0) is 31.5 Å². The first-order valence-electron chi connectivity index (χ1n) is 7.38. The molecule has 3 rings (SSSR count). The van der Waals surface area contributed by atoms with Gasteiger partial charge in [0, 0.05) is 19.9 Å². The van der Waals surface area contributed by atoms with Crippen LogP contribution < -0.4 is 5.32 Å². The molecule has 7 nitrogen and oxygen atoms in total. The maximum atomic E-state index is 12.4. The summed E-state index contributed by atoms with van der Waals surface area (Å²) in [6.45, 7) is 2.30. The fraction of sp³-hybridized carbons (Fsp3) is 0.375. The fourth-order valence-electron chi connectivity index (χ4n) is 2.74. The van der Waals surface area contributed by atoms with Gasteiger partial charge in [0.25, 0.3) is 5.91 Å². The average molecular weight is 311 g/mol. The molecule has 3 heterocycles. The Morgan fingerprint density at radius 1 is 1.48 bits per heavy atom. The summed E-state index contributed by atoms with van der Waals surface area (Å²) in [7, 11) is 1.85. The van der Waals surface area contributed by atoms with Gasteiger partial charge in [0.2, 0.25) is 0 Å². The van der Waals surface area contributed by atoms with Crippen LogP contribution in [-0.2, 0) is 11.8 Å². The van der Waals surface area contributed by atoms with Gasteiger partial charge in [-0.1, -0.05) is 0 Å². The molecule has 0 aliphatic carbocycles. The third-order valence-corrected chi connectivity index (χ3v) is 4.00. The third kappa shape index (κ3) is 2.94. The number of nitrogens with zero attached hydrogens (tertiary/aromatic N) is 4. The quantitative estimate of drug-likeness (QED) is 0.921. The van der Waals surface area contributed by atoms with E-state index in [0.29, 0.717) is 23.6 Å². The van der Waals surface area contributed by atoms with Crippen LogP contribution in [0.4, 0.5) is 0 Å². The molecule has 23 heavy (non-hydrogen) atoms. The van der Waals surface area contributed by atoms with Gasteiger partial charge in [0.05, 0.1) is 23.0 Å². The van der Waals surface area contributed by atoms with Crippen molar-refractivity contribution in [3.05, 3.63) is 47.0 Å². The lowest BCUT2D eigenvalue weighted by molar-refractivity contribution is 0.0789. The van der Waals surface area contributed by atoms with E-state index in [1.165, 1.54) is 0 Å². The highest BCUT2D eigenvalue weighted by atomic mass is 16.5. The van der Waals surface area contributed by atoms with E-state index in [1.54, 1.807) is 29.9 Å². The van der Waals surface area contributed by atoms with Crippen molar-refractivity contribution in [1.29, 1.82) is 5.26 Å². The van der Waals surface area contributed by atoms with Gasteiger partial charge < -0.3 is 10.1 Å². The number of hydrogen-bond donors (Lipinski definition) is 1. The summed E-state index contributed by atoms with van der Waals surface area (Å²) < 4.78 is 7.50. The fourth-order valence-corrected chi connectivity index (χ4v) is 2.74. The van der Waals surface area contributed by atoms with E-state index in [0.717, 1.165) is 12.1 Å². The molecule has 1 fully saturated rings. The molecule has 0 bridgehead atoms. The minimum absolute atomic E-state index is 0.129. The number of carbonyl (C=O) groups excluding carboxylic acids is 1. The minimum atomic E-state index is -0.264. The average Bonchev–Trinajstić information content (AvgIpc) is 3.15. The van der Waals surface area contributed by atoms with Crippen molar-refractivity contribution in [2.45, 2.75) is 25.5 Å². The molecule has 1 aliphatic heterocycles. The molecule has 0 radical (unpaired) electrons. The number of aryl methyl sites for hydroxylation is 2. The molecule has 0 saturated carbocycles. The molecule has 2 aromatic heterocycles. The Morgan fingerprint density at radius 3 is 2.96 bits per heavy atom. The van der Waals surface area contributed by atoms with Gasteiger partial charge in [0.1, 0.15) is 17.9 Å². The first kappa shape index (κ1) is 15.2. The Kier molecular flexibility index (Phi) is 4.08. The smallest absolute Gasteiger partial charge is 0.270 e. The molecule has 2 aromatic rings. The molecule has 1 N–H and O–H groups in total. The largest absolute Gasteiger partial charge is 0.370 e. The number of aromatic nitrogens is 3. The highest BCUT2D eigenvalue weighted by molar-refractivity contribution is 5.92. The monoisotopic (exact) mass is 311 g/mol. The normalized spacial score (nSPS) is 20.2. The molecule has 1 amide bonds. The first-order valence-corrected chi connectivity index (χ1v) is 7.38. The van der Waals surface area contributed by atoms with Crippen molar-refractivity contribution < 1.29 is 9.53 Å². The van der Waals surface area contributed by atoms with E-state index in [-0.39, 0.29) is 18.1 Å². The van der Waals surface area contributed by atoms with E-state index in [2.05, 4.69) is 15.4 Å². The van der Waals surface area contributed by atoms with Crippen LogP contribution in [-0.4, -0.2) is 33.3 Å². The maximum Gasteiger partial charge on any atom is 0.270 e. The van der Waals surface area contributed by atoms with Crippen molar-refractivity contribution >= 4 is 5.91 Å². The van der Waals surface area contributed by atoms with Gasteiger partial charge in [-0.2, -0.15) is 10.4 Å². The summed E-state index contributed by atoms with van der Waals surface area (Å²) >= 11 is 0. The first-order chi connectivity index (χ1) is 11.1. The Labute approximate surface area is 133 Å². The van der Waals surface area contributed by atoms with Crippen molar-refractivity contribution in [2.75, 3.05) is 6.61 Å². The van der Waals surface area contributed by atoms with Gasteiger partial charge in [-0.25, -0.2) is 4.98 Å². The molecule has 2 atom stereocenters. The van der Waals surface area contributed by atoms with E-state index in [9.17, 15) is 4.79 Å². The Hall–Kier alpha value is -2.72. The van der Waals surface area contributed by atoms with Crippen LogP contribution in [0, 0.1) is 18.3 Å². The Morgan fingerprint density at radius 2 is 2.30 bits per heavy atom. The summed E-state index contributed by atoms with van der Waals surface area (Å²) in [5.41, 5.74) is 2.25. The number of nitriles is 1. The van der Waals surface area contributed by atoms with E-state index in [1.807, 2.05) is 19.2 Å².